The molecule has 4 N–H and O–H groups in total. The molecule has 0 saturated carbocycles. The molecule has 7 nitrogen and oxygen atoms in total. The van der Waals surface area contributed by atoms with Crippen molar-refractivity contribution >= 4 is 26.5 Å². The first-order valence-corrected chi connectivity index (χ1v) is 6.24. The normalized spacial score (nSPS) is 11.6. The minimum atomic E-state index is -4.07. The van der Waals surface area contributed by atoms with Crippen molar-refractivity contribution in [1.29, 1.82) is 0 Å². The third-order valence-corrected chi connectivity index (χ3v) is 3.41. The zero-order valence-electron chi connectivity index (χ0n) is 8.86. The predicted molar refractivity (Wildman–Crippen MR) is 64.1 cm³/mol. The molecule has 0 unspecified atom stereocenters. The Morgan fingerprint density at radius 3 is 2.44 bits per heavy atom. The van der Waals surface area contributed by atoms with E-state index in [1.807, 2.05) is 0 Å². The summed E-state index contributed by atoms with van der Waals surface area (Å²) in [7, 11) is -4.07. The Hall–Kier alpha value is -2.19. The van der Waals surface area contributed by atoms with Gasteiger partial charge in [0.15, 0.2) is 11.4 Å². The fraction of sp³-hybridized carbons (Fsp3) is 0. The number of aromatic hydroxyl groups is 2. The van der Waals surface area contributed by atoms with Gasteiger partial charge in [-0.15, -0.1) is 4.91 Å². The van der Waals surface area contributed by atoms with Crippen LogP contribution in [0.1, 0.15) is 0 Å². The van der Waals surface area contributed by atoms with Crippen molar-refractivity contribution in [3.8, 4) is 11.5 Å². The van der Waals surface area contributed by atoms with E-state index in [0.717, 1.165) is 6.07 Å². The van der Waals surface area contributed by atoms with Crippen LogP contribution in [0.2, 0.25) is 0 Å². The lowest BCUT2D eigenvalue weighted by Crippen LogP contribution is -2.12. The smallest absolute Gasteiger partial charge is 0.238 e. The number of benzene rings is 2. The highest BCUT2D eigenvalue weighted by Crippen LogP contribution is 2.42. The van der Waals surface area contributed by atoms with Crippen LogP contribution in [0.15, 0.2) is 34.3 Å². The Balaban J connectivity index is 3.05. The summed E-state index contributed by atoms with van der Waals surface area (Å²) in [5.41, 5.74) is -0.383. The number of phenolic OH excluding ortho intramolecular Hbond substituents is 2. The summed E-state index contributed by atoms with van der Waals surface area (Å²) in [5, 5.41) is 26.8. The Labute approximate surface area is 101 Å². The minimum absolute atomic E-state index is 0.0175. The average Bonchev–Trinajstić information content (AvgIpc) is 2.31. The third-order valence-electron chi connectivity index (χ3n) is 2.46. The zero-order chi connectivity index (χ0) is 13.5. The predicted octanol–water partition coefficient (Wildman–Crippen LogP) is 1.30. The number of phenols is 2. The Morgan fingerprint density at radius 1 is 1.22 bits per heavy atom. The van der Waals surface area contributed by atoms with E-state index in [2.05, 4.69) is 5.18 Å². The van der Waals surface area contributed by atoms with E-state index in [1.165, 1.54) is 18.2 Å². The lowest BCUT2D eigenvalue weighted by Gasteiger charge is -2.08. The molecule has 18 heavy (non-hydrogen) atoms. The molecule has 0 aliphatic rings. The van der Waals surface area contributed by atoms with Gasteiger partial charge in [0.25, 0.3) is 0 Å². The van der Waals surface area contributed by atoms with Gasteiger partial charge in [-0.2, -0.15) is 0 Å². The van der Waals surface area contributed by atoms with Crippen LogP contribution in [0.5, 0.6) is 11.5 Å². The first-order valence-electron chi connectivity index (χ1n) is 4.70. The van der Waals surface area contributed by atoms with Crippen molar-refractivity contribution in [2.45, 2.75) is 4.90 Å². The highest BCUT2D eigenvalue weighted by Gasteiger charge is 2.19. The van der Waals surface area contributed by atoms with Crippen LogP contribution in [0, 0.1) is 4.91 Å². The van der Waals surface area contributed by atoms with Gasteiger partial charge in [-0.25, -0.2) is 13.6 Å². The summed E-state index contributed by atoms with van der Waals surface area (Å²) in [6.07, 6.45) is 0. The molecular weight excluding hydrogens is 260 g/mol. The number of hydrogen-bond donors (Lipinski definition) is 3. The number of sulfonamides is 1. The van der Waals surface area contributed by atoms with Crippen molar-refractivity contribution in [3.05, 3.63) is 29.2 Å². The molecule has 0 amide bonds. The van der Waals surface area contributed by atoms with Gasteiger partial charge in [-0.05, 0) is 11.2 Å². The van der Waals surface area contributed by atoms with Crippen LogP contribution < -0.4 is 5.14 Å². The number of nitroso groups, excluding NO2 is 1. The summed E-state index contributed by atoms with van der Waals surface area (Å²) >= 11 is 0. The van der Waals surface area contributed by atoms with Crippen LogP contribution in [0.3, 0.4) is 0 Å². The van der Waals surface area contributed by atoms with Gasteiger partial charge < -0.3 is 10.2 Å². The summed E-state index contributed by atoms with van der Waals surface area (Å²) in [4.78, 5) is 10.1. The summed E-state index contributed by atoms with van der Waals surface area (Å²) in [6.45, 7) is 0. The van der Waals surface area contributed by atoms with Gasteiger partial charge in [-0.1, -0.05) is 12.1 Å². The van der Waals surface area contributed by atoms with Gasteiger partial charge in [0, 0.05) is 16.8 Å². The second kappa shape index (κ2) is 3.93. The van der Waals surface area contributed by atoms with Crippen molar-refractivity contribution in [2.75, 3.05) is 0 Å². The monoisotopic (exact) mass is 268 g/mol. The van der Waals surface area contributed by atoms with Crippen molar-refractivity contribution in [2.24, 2.45) is 10.3 Å². The second-order valence-corrected chi connectivity index (χ2v) is 5.11. The lowest BCUT2D eigenvalue weighted by molar-refractivity contribution is 0.470. The Kier molecular flexibility index (Phi) is 2.68. The molecular formula is C10H8N2O5S. The minimum Gasteiger partial charge on any atom is -0.507 e. The maximum absolute atomic E-state index is 11.4. The van der Waals surface area contributed by atoms with E-state index in [-0.39, 0.29) is 21.4 Å². The van der Waals surface area contributed by atoms with Gasteiger partial charge >= 0.3 is 0 Å². The van der Waals surface area contributed by atoms with E-state index in [1.54, 1.807) is 0 Å². The average molecular weight is 268 g/mol. The van der Waals surface area contributed by atoms with Crippen LogP contribution in [0.4, 0.5) is 5.69 Å². The third kappa shape index (κ3) is 1.77. The zero-order valence-corrected chi connectivity index (χ0v) is 9.68. The number of primary sulfonamides is 1. The molecule has 0 aliphatic heterocycles. The second-order valence-electron chi connectivity index (χ2n) is 3.58. The highest BCUT2D eigenvalue weighted by molar-refractivity contribution is 7.89. The number of nitrogens with zero attached hydrogens (tertiary/aromatic N) is 1. The van der Waals surface area contributed by atoms with Crippen LogP contribution in [-0.2, 0) is 10.0 Å². The highest BCUT2D eigenvalue weighted by atomic mass is 32.2. The summed E-state index contributed by atoms with van der Waals surface area (Å²) in [6, 6.07) is 4.73. The molecule has 0 fully saturated rings. The standard InChI is InChI=1S/C10H8N2O5S/c11-18(16,17)8-3-1-2-5-9(8)7(13)4-6(12-15)10(5)14/h1-4,13-14H,(H2,11,16,17). The van der Waals surface area contributed by atoms with E-state index in [0.29, 0.717) is 0 Å². The lowest BCUT2D eigenvalue weighted by atomic mass is 10.1. The summed E-state index contributed by atoms with van der Waals surface area (Å²) in [5.74, 6) is -1.01. The topological polar surface area (TPSA) is 130 Å². The molecule has 2 rings (SSSR count). The Morgan fingerprint density at radius 2 is 1.89 bits per heavy atom. The molecule has 94 valence electrons. The number of rotatable bonds is 2. The first kappa shape index (κ1) is 12.3. The fourth-order valence-electron chi connectivity index (χ4n) is 1.71. The van der Waals surface area contributed by atoms with E-state index in [9.17, 15) is 23.5 Å². The largest absolute Gasteiger partial charge is 0.507 e. The van der Waals surface area contributed by atoms with Gasteiger partial charge in [0.05, 0.1) is 4.90 Å². The molecule has 0 heterocycles. The quantitative estimate of drug-likeness (QED) is 0.558. The molecule has 0 aliphatic carbocycles. The molecule has 0 saturated heterocycles. The molecule has 0 aromatic heterocycles. The van der Waals surface area contributed by atoms with E-state index < -0.39 is 21.5 Å². The Bertz CT molecular complexity index is 754. The van der Waals surface area contributed by atoms with Crippen molar-refractivity contribution in [1.82, 2.24) is 0 Å². The number of nitrogens with two attached hydrogens (primary N) is 1. The van der Waals surface area contributed by atoms with Crippen LogP contribution in [-0.4, -0.2) is 18.6 Å². The van der Waals surface area contributed by atoms with Gasteiger partial charge in [-0.3, -0.25) is 0 Å². The molecule has 0 bridgehead atoms. The molecule has 8 heteroatoms. The molecule has 2 aromatic carbocycles. The van der Waals surface area contributed by atoms with Crippen LogP contribution in [0.25, 0.3) is 10.8 Å². The first-order chi connectivity index (χ1) is 8.36. The number of fused-ring (bicyclic) bond motifs is 1. The molecule has 0 atom stereocenters. The maximum Gasteiger partial charge on any atom is 0.238 e. The van der Waals surface area contributed by atoms with Crippen LogP contribution >= 0.6 is 0 Å². The maximum atomic E-state index is 11.4. The van der Waals surface area contributed by atoms with E-state index in [4.69, 9.17) is 5.14 Å². The van der Waals surface area contributed by atoms with Crippen molar-refractivity contribution < 1.29 is 18.6 Å². The molecule has 2 aromatic rings. The fourth-order valence-corrected chi connectivity index (χ4v) is 2.47. The van der Waals surface area contributed by atoms with Crippen molar-refractivity contribution in [3.63, 3.8) is 0 Å². The summed E-state index contributed by atoms with van der Waals surface area (Å²) < 4.78 is 22.7. The number of hydrogen-bond acceptors (Lipinski definition) is 6. The molecule has 0 radical (unpaired) electrons. The van der Waals surface area contributed by atoms with Gasteiger partial charge in [0.2, 0.25) is 10.0 Å². The van der Waals surface area contributed by atoms with Gasteiger partial charge in [0.1, 0.15) is 5.75 Å². The van der Waals surface area contributed by atoms with E-state index >= 15 is 0 Å². The molecule has 0 spiro atoms. The SMILES string of the molecule is NS(=O)(=O)c1cccc2c(O)c(N=O)cc(O)c12.